The van der Waals surface area contributed by atoms with Crippen molar-refractivity contribution in [3.8, 4) is 0 Å². The van der Waals surface area contributed by atoms with Crippen LogP contribution in [0.5, 0.6) is 0 Å². The number of nitrogens with one attached hydrogen (secondary N) is 1. The summed E-state index contributed by atoms with van der Waals surface area (Å²) >= 11 is 0. The van der Waals surface area contributed by atoms with Crippen molar-refractivity contribution in [2.75, 3.05) is 32.1 Å². The van der Waals surface area contributed by atoms with Crippen LogP contribution in [0.1, 0.15) is 32.8 Å². The highest BCUT2D eigenvalue weighted by Crippen LogP contribution is 2.17. The fourth-order valence-electron chi connectivity index (χ4n) is 2.46. The molecule has 1 aromatic carbocycles. The van der Waals surface area contributed by atoms with Crippen LogP contribution in [0, 0.1) is 5.92 Å². The number of hydrogen-bond donors (Lipinski definition) is 1. The number of rotatable bonds is 5. The average Bonchev–Trinajstić information content (AvgIpc) is 2.97. The predicted octanol–water partition coefficient (Wildman–Crippen LogP) is 3.50. The lowest BCUT2D eigenvalue weighted by molar-refractivity contribution is 0.0285. The van der Waals surface area contributed by atoms with Crippen LogP contribution in [0.4, 0.5) is 10.5 Å². The van der Waals surface area contributed by atoms with Gasteiger partial charge in [-0.15, -0.1) is 0 Å². The van der Waals surface area contributed by atoms with Crippen LogP contribution in [0.3, 0.4) is 0 Å². The molecule has 0 aromatic heterocycles. The SMILES string of the molecule is CN(Cc1cccc(NCC2CCOC2)c1)C(=O)OC(C)(C)C. The Hall–Kier alpha value is -1.75. The first-order valence-corrected chi connectivity index (χ1v) is 8.18. The summed E-state index contributed by atoms with van der Waals surface area (Å²) in [5, 5.41) is 3.45. The van der Waals surface area contributed by atoms with E-state index in [0.29, 0.717) is 12.5 Å². The number of anilines is 1. The van der Waals surface area contributed by atoms with Gasteiger partial charge in [0, 0.05) is 38.3 Å². The van der Waals surface area contributed by atoms with Crippen molar-refractivity contribution in [2.45, 2.75) is 39.3 Å². The predicted molar refractivity (Wildman–Crippen MR) is 91.6 cm³/mol. The third-order valence-electron chi connectivity index (χ3n) is 3.67. The van der Waals surface area contributed by atoms with E-state index in [1.54, 1.807) is 11.9 Å². The number of carbonyl (C=O) groups is 1. The molecule has 23 heavy (non-hydrogen) atoms. The van der Waals surface area contributed by atoms with Gasteiger partial charge in [0.1, 0.15) is 5.60 Å². The minimum atomic E-state index is -0.474. The fourth-order valence-corrected chi connectivity index (χ4v) is 2.46. The Kier molecular flexibility index (Phi) is 5.88. The molecule has 1 heterocycles. The van der Waals surface area contributed by atoms with Gasteiger partial charge in [0.05, 0.1) is 6.61 Å². The zero-order valence-electron chi connectivity index (χ0n) is 14.6. The summed E-state index contributed by atoms with van der Waals surface area (Å²) in [6.45, 7) is 8.77. The van der Waals surface area contributed by atoms with Gasteiger partial charge in [-0.05, 0) is 44.9 Å². The number of hydrogen-bond acceptors (Lipinski definition) is 4. The molecule has 5 heteroatoms. The lowest BCUT2D eigenvalue weighted by Gasteiger charge is -2.24. The Morgan fingerprint density at radius 3 is 2.87 bits per heavy atom. The van der Waals surface area contributed by atoms with Crippen LogP contribution < -0.4 is 5.32 Å². The second-order valence-corrected chi connectivity index (χ2v) is 7.15. The highest BCUT2D eigenvalue weighted by molar-refractivity contribution is 5.67. The van der Waals surface area contributed by atoms with Gasteiger partial charge in [0.2, 0.25) is 0 Å². The molecule has 1 unspecified atom stereocenters. The minimum absolute atomic E-state index is 0.307. The van der Waals surface area contributed by atoms with E-state index in [4.69, 9.17) is 9.47 Å². The maximum Gasteiger partial charge on any atom is 0.410 e. The lowest BCUT2D eigenvalue weighted by atomic mass is 10.1. The Morgan fingerprint density at radius 2 is 2.22 bits per heavy atom. The van der Waals surface area contributed by atoms with E-state index in [1.165, 1.54) is 0 Å². The van der Waals surface area contributed by atoms with Crippen molar-refractivity contribution in [2.24, 2.45) is 5.92 Å². The molecule has 128 valence electrons. The molecule has 0 saturated carbocycles. The summed E-state index contributed by atoms with van der Waals surface area (Å²) in [6, 6.07) is 8.15. The largest absolute Gasteiger partial charge is 0.444 e. The topological polar surface area (TPSA) is 50.8 Å². The summed E-state index contributed by atoms with van der Waals surface area (Å²) in [4.78, 5) is 13.6. The van der Waals surface area contributed by atoms with E-state index >= 15 is 0 Å². The standard InChI is InChI=1S/C18H28N2O3/c1-18(2,3)23-17(21)20(4)12-14-6-5-7-16(10-14)19-11-15-8-9-22-13-15/h5-7,10,15,19H,8-9,11-13H2,1-4H3. The molecular weight excluding hydrogens is 292 g/mol. The van der Waals surface area contributed by atoms with E-state index in [2.05, 4.69) is 11.4 Å². The molecule has 0 bridgehead atoms. The zero-order chi connectivity index (χ0) is 16.9. The molecule has 1 atom stereocenters. The molecule has 2 rings (SSSR count). The van der Waals surface area contributed by atoms with Crippen molar-refractivity contribution < 1.29 is 14.3 Å². The van der Waals surface area contributed by atoms with Gasteiger partial charge < -0.3 is 19.7 Å². The Morgan fingerprint density at radius 1 is 1.43 bits per heavy atom. The number of amides is 1. The monoisotopic (exact) mass is 320 g/mol. The van der Waals surface area contributed by atoms with Crippen molar-refractivity contribution in [1.29, 1.82) is 0 Å². The molecule has 1 N–H and O–H groups in total. The number of carbonyl (C=O) groups excluding carboxylic acids is 1. The maximum absolute atomic E-state index is 12.0. The van der Waals surface area contributed by atoms with Crippen molar-refractivity contribution in [1.82, 2.24) is 4.90 Å². The molecule has 1 saturated heterocycles. The second kappa shape index (κ2) is 7.68. The third-order valence-corrected chi connectivity index (χ3v) is 3.67. The molecule has 1 aromatic rings. The summed E-state index contributed by atoms with van der Waals surface area (Å²) in [5.41, 5.74) is 1.68. The molecule has 0 aliphatic carbocycles. The number of benzene rings is 1. The van der Waals surface area contributed by atoms with Gasteiger partial charge in [-0.3, -0.25) is 0 Å². The fraction of sp³-hybridized carbons (Fsp3) is 0.611. The van der Waals surface area contributed by atoms with E-state index in [-0.39, 0.29) is 6.09 Å². The van der Waals surface area contributed by atoms with Crippen LogP contribution in [0.2, 0.25) is 0 Å². The van der Waals surface area contributed by atoms with Gasteiger partial charge in [-0.25, -0.2) is 4.79 Å². The summed E-state index contributed by atoms with van der Waals surface area (Å²) in [7, 11) is 1.75. The third kappa shape index (κ3) is 6.10. The van der Waals surface area contributed by atoms with E-state index in [0.717, 1.165) is 37.4 Å². The molecule has 1 aliphatic heterocycles. The molecule has 0 spiro atoms. The van der Waals surface area contributed by atoms with Gasteiger partial charge in [0.25, 0.3) is 0 Å². The molecule has 1 fully saturated rings. The first kappa shape index (κ1) is 17.6. The van der Waals surface area contributed by atoms with Crippen molar-refractivity contribution >= 4 is 11.8 Å². The Labute approximate surface area is 139 Å². The maximum atomic E-state index is 12.0. The van der Waals surface area contributed by atoms with Gasteiger partial charge in [-0.2, -0.15) is 0 Å². The first-order chi connectivity index (χ1) is 10.8. The lowest BCUT2D eigenvalue weighted by Crippen LogP contribution is -2.33. The van der Waals surface area contributed by atoms with Crippen molar-refractivity contribution in [3.05, 3.63) is 29.8 Å². The molecule has 5 nitrogen and oxygen atoms in total. The highest BCUT2D eigenvalue weighted by Gasteiger charge is 2.19. The van der Waals surface area contributed by atoms with Crippen LogP contribution in [-0.2, 0) is 16.0 Å². The summed E-state index contributed by atoms with van der Waals surface area (Å²) < 4.78 is 10.8. The molecular formula is C18H28N2O3. The van der Waals surface area contributed by atoms with Gasteiger partial charge >= 0.3 is 6.09 Å². The molecule has 1 aliphatic rings. The molecule has 0 radical (unpaired) electrons. The number of ether oxygens (including phenoxy) is 2. The van der Waals surface area contributed by atoms with Crippen LogP contribution >= 0.6 is 0 Å². The van der Waals surface area contributed by atoms with Gasteiger partial charge in [0.15, 0.2) is 0 Å². The summed E-state index contributed by atoms with van der Waals surface area (Å²) in [5.74, 6) is 0.586. The van der Waals surface area contributed by atoms with Crippen LogP contribution in [0.25, 0.3) is 0 Å². The van der Waals surface area contributed by atoms with E-state index in [9.17, 15) is 4.79 Å². The zero-order valence-corrected chi connectivity index (χ0v) is 14.6. The average molecular weight is 320 g/mol. The summed E-state index contributed by atoms with van der Waals surface area (Å²) in [6.07, 6.45) is 0.813. The van der Waals surface area contributed by atoms with E-state index in [1.807, 2.05) is 39.0 Å². The Balaban J connectivity index is 1.87. The van der Waals surface area contributed by atoms with Crippen LogP contribution in [-0.4, -0.2) is 43.4 Å². The molecule has 1 amide bonds. The van der Waals surface area contributed by atoms with Crippen molar-refractivity contribution in [3.63, 3.8) is 0 Å². The second-order valence-electron chi connectivity index (χ2n) is 7.15. The normalized spacial score (nSPS) is 17.8. The smallest absolute Gasteiger partial charge is 0.410 e. The quantitative estimate of drug-likeness (QED) is 0.902. The first-order valence-electron chi connectivity index (χ1n) is 8.18. The van der Waals surface area contributed by atoms with Crippen LogP contribution in [0.15, 0.2) is 24.3 Å². The van der Waals surface area contributed by atoms with Gasteiger partial charge in [-0.1, -0.05) is 12.1 Å². The highest BCUT2D eigenvalue weighted by atomic mass is 16.6. The number of nitrogens with zero attached hydrogens (tertiary/aromatic N) is 1. The minimum Gasteiger partial charge on any atom is -0.444 e. The Bertz CT molecular complexity index is 519. The van der Waals surface area contributed by atoms with E-state index < -0.39 is 5.60 Å².